The molecule has 4 unspecified atom stereocenters. The molecule has 1 heterocycles. The summed E-state index contributed by atoms with van der Waals surface area (Å²) in [4.78, 5) is 2.60. The minimum absolute atomic E-state index is 0.102. The second-order valence-corrected chi connectivity index (χ2v) is 7.35. The molecule has 2 heteroatoms. The third-order valence-electron chi connectivity index (χ3n) is 6.18. The quantitative estimate of drug-likeness (QED) is 0.843. The van der Waals surface area contributed by atoms with Gasteiger partial charge in [-0.25, -0.2) is 0 Å². The summed E-state index contributed by atoms with van der Waals surface area (Å²) in [7, 11) is 0. The Morgan fingerprint density at radius 2 is 1.63 bits per heavy atom. The van der Waals surface area contributed by atoms with Gasteiger partial charge < -0.3 is 5.11 Å². The maximum atomic E-state index is 10.5. The number of hydrogen-bond acceptors (Lipinski definition) is 2. The molecular weight excluding hydrogens is 234 g/mol. The van der Waals surface area contributed by atoms with Crippen LogP contribution in [0, 0.1) is 17.3 Å². The molecule has 1 aliphatic carbocycles. The zero-order chi connectivity index (χ0) is 14.0. The molecule has 0 spiro atoms. The second-order valence-electron chi connectivity index (χ2n) is 7.35. The Labute approximate surface area is 119 Å². The van der Waals surface area contributed by atoms with Crippen LogP contribution in [0.5, 0.6) is 0 Å². The van der Waals surface area contributed by atoms with Crippen LogP contribution in [0.4, 0.5) is 0 Å². The van der Waals surface area contributed by atoms with Crippen LogP contribution in [0.3, 0.4) is 0 Å². The molecule has 1 aliphatic heterocycles. The first-order valence-electron chi connectivity index (χ1n) is 8.43. The first-order chi connectivity index (χ1) is 9.01. The number of aliphatic hydroxyl groups is 1. The molecule has 2 nitrogen and oxygen atoms in total. The predicted octanol–water partition coefficient (Wildman–Crippen LogP) is 3.68. The number of nitrogens with zero attached hydrogens (tertiary/aromatic N) is 1. The summed E-state index contributed by atoms with van der Waals surface area (Å²) in [5.41, 5.74) is 0.590. The molecule has 0 radical (unpaired) electrons. The summed E-state index contributed by atoms with van der Waals surface area (Å²) in [5, 5.41) is 10.5. The van der Waals surface area contributed by atoms with Gasteiger partial charge in [0.2, 0.25) is 0 Å². The summed E-state index contributed by atoms with van der Waals surface area (Å²) < 4.78 is 0. The number of rotatable bonds is 3. The molecule has 19 heavy (non-hydrogen) atoms. The average molecular weight is 267 g/mol. The van der Waals surface area contributed by atoms with E-state index in [9.17, 15) is 5.11 Å². The monoisotopic (exact) mass is 267 g/mol. The van der Waals surface area contributed by atoms with Gasteiger partial charge in [-0.3, -0.25) is 4.90 Å². The first kappa shape index (κ1) is 15.3. The molecular formula is C17H33NO. The lowest BCUT2D eigenvalue weighted by Crippen LogP contribution is -2.54. The standard InChI is InChI=1S/C17H33NO/c1-5-17(6-2)7-9-18(10-8-17)16-14(4)11-13(3)12-15(16)19/h13-16,19H,5-12H2,1-4H3. The van der Waals surface area contributed by atoms with Crippen LogP contribution in [0.25, 0.3) is 0 Å². The van der Waals surface area contributed by atoms with Crippen LogP contribution in [0.15, 0.2) is 0 Å². The van der Waals surface area contributed by atoms with Crippen molar-refractivity contribution in [1.82, 2.24) is 4.90 Å². The Morgan fingerprint density at radius 3 is 2.11 bits per heavy atom. The zero-order valence-electron chi connectivity index (χ0n) is 13.4. The Kier molecular flexibility index (Phi) is 4.94. The maximum Gasteiger partial charge on any atom is 0.0700 e. The summed E-state index contributed by atoms with van der Waals surface area (Å²) in [5.74, 6) is 1.34. The molecule has 1 saturated heterocycles. The van der Waals surface area contributed by atoms with Crippen molar-refractivity contribution in [2.75, 3.05) is 13.1 Å². The van der Waals surface area contributed by atoms with Gasteiger partial charge in [0, 0.05) is 6.04 Å². The van der Waals surface area contributed by atoms with E-state index in [1.54, 1.807) is 0 Å². The van der Waals surface area contributed by atoms with Gasteiger partial charge in [0.15, 0.2) is 0 Å². The fourth-order valence-corrected chi connectivity index (χ4v) is 4.66. The van der Waals surface area contributed by atoms with Gasteiger partial charge in [0.05, 0.1) is 6.10 Å². The van der Waals surface area contributed by atoms with Gasteiger partial charge in [-0.2, -0.15) is 0 Å². The van der Waals surface area contributed by atoms with E-state index in [1.807, 2.05) is 0 Å². The number of piperidine rings is 1. The van der Waals surface area contributed by atoms with E-state index < -0.39 is 0 Å². The van der Waals surface area contributed by atoms with Crippen LogP contribution in [0.1, 0.15) is 66.2 Å². The van der Waals surface area contributed by atoms with Crippen molar-refractivity contribution in [3.05, 3.63) is 0 Å². The minimum atomic E-state index is -0.102. The Bertz CT molecular complexity index is 265. The topological polar surface area (TPSA) is 23.5 Å². The molecule has 0 aromatic carbocycles. The van der Waals surface area contributed by atoms with Gasteiger partial charge in [-0.1, -0.05) is 40.5 Å². The minimum Gasteiger partial charge on any atom is -0.391 e. The van der Waals surface area contributed by atoms with Crippen molar-refractivity contribution >= 4 is 0 Å². The van der Waals surface area contributed by atoms with E-state index in [0.29, 0.717) is 23.3 Å². The molecule has 2 rings (SSSR count). The molecule has 0 aromatic rings. The fourth-order valence-electron chi connectivity index (χ4n) is 4.66. The molecule has 0 amide bonds. The first-order valence-corrected chi connectivity index (χ1v) is 8.43. The molecule has 0 bridgehead atoms. The molecule has 1 saturated carbocycles. The summed E-state index contributed by atoms with van der Waals surface area (Å²) >= 11 is 0. The lowest BCUT2D eigenvalue weighted by Gasteiger charge is -2.49. The largest absolute Gasteiger partial charge is 0.391 e. The predicted molar refractivity (Wildman–Crippen MR) is 81.2 cm³/mol. The normalized spacial score (nSPS) is 40.3. The number of aliphatic hydroxyl groups excluding tert-OH is 1. The van der Waals surface area contributed by atoms with E-state index in [0.717, 1.165) is 6.42 Å². The highest BCUT2D eigenvalue weighted by Crippen LogP contribution is 2.41. The van der Waals surface area contributed by atoms with E-state index >= 15 is 0 Å². The third-order valence-corrected chi connectivity index (χ3v) is 6.18. The molecule has 112 valence electrons. The number of likely N-dealkylation sites (tertiary alicyclic amines) is 1. The molecule has 2 fully saturated rings. The van der Waals surface area contributed by atoms with E-state index in [1.165, 1.54) is 45.2 Å². The zero-order valence-corrected chi connectivity index (χ0v) is 13.4. The molecule has 2 aliphatic rings. The summed E-state index contributed by atoms with van der Waals surface area (Å²) in [6.07, 6.45) is 7.46. The van der Waals surface area contributed by atoms with Crippen LogP contribution in [0.2, 0.25) is 0 Å². The van der Waals surface area contributed by atoms with Crippen molar-refractivity contribution in [2.24, 2.45) is 17.3 Å². The Balaban J connectivity index is 1.97. The van der Waals surface area contributed by atoms with E-state index in [2.05, 4.69) is 32.6 Å². The van der Waals surface area contributed by atoms with Gasteiger partial charge in [-0.05, 0) is 56.0 Å². The van der Waals surface area contributed by atoms with Crippen LogP contribution < -0.4 is 0 Å². The van der Waals surface area contributed by atoms with Crippen LogP contribution in [-0.4, -0.2) is 35.2 Å². The second kappa shape index (κ2) is 6.13. The highest BCUT2D eigenvalue weighted by atomic mass is 16.3. The summed E-state index contributed by atoms with van der Waals surface area (Å²) in [6, 6.07) is 0.419. The smallest absolute Gasteiger partial charge is 0.0700 e. The maximum absolute atomic E-state index is 10.5. The van der Waals surface area contributed by atoms with Crippen LogP contribution in [-0.2, 0) is 0 Å². The van der Waals surface area contributed by atoms with Gasteiger partial charge in [0.1, 0.15) is 0 Å². The van der Waals surface area contributed by atoms with E-state index in [-0.39, 0.29) is 6.10 Å². The Morgan fingerprint density at radius 1 is 1.05 bits per heavy atom. The Hall–Kier alpha value is -0.0800. The van der Waals surface area contributed by atoms with Gasteiger partial charge >= 0.3 is 0 Å². The molecule has 0 aromatic heterocycles. The highest BCUT2D eigenvalue weighted by Gasteiger charge is 2.40. The SMILES string of the molecule is CCC1(CC)CCN(C2C(C)CC(C)CC2O)CC1. The van der Waals surface area contributed by atoms with Crippen molar-refractivity contribution < 1.29 is 5.11 Å². The number of hydrogen-bond donors (Lipinski definition) is 1. The lowest BCUT2D eigenvalue weighted by molar-refractivity contribution is -0.0484. The molecule has 4 atom stereocenters. The van der Waals surface area contributed by atoms with Crippen molar-refractivity contribution in [3.8, 4) is 0 Å². The highest BCUT2D eigenvalue weighted by molar-refractivity contribution is 4.93. The van der Waals surface area contributed by atoms with E-state index in [4.69, 9.17) is 0 Å². The van der Waals surface area contributed by atoms with Crippen molar-refractivity contribution in [2.45, 2.75) is 78.4 Å². The van der Waals surface area contributed by atoms with Crippen LogP contribution >= 0.6 is 0 Å². The van der Waals surface area contributed by atoms with Crippen molar-refractivity contribution in [3.63, 3.8) is 0 Å². The summed E-state index contributed by atoms with van der Waals surface area (Å²) in [6.45, 7) is 11.7. The van der Waals surface area contributed by atoms with Gasteiger partial charge in [0.25, 0.3) is 0 Å². The van der Waals surface area contributed by atoms with Gasteiger partial charge in [-0.15, -0.1) is 0 Å². The van der Waals surface area contributed by atoms with Crippen molar-refractivity contribution in [1.29, 1.82) is 0 Å². The molecule has 1 N–H and O–H groups in total. The average Bonchev–Trinajstić information content (AvgIpc) is 2.39. The fraction of sp³-hybridized carbons (Fsp3) is 1.00. The lowest BCUT2D eigenvalue weighted by atomic mass is 9.72. The third kappa shape index (κ3) is 3.16.